The summed E-state index contributed by atoms with van der Waals surface area (Å²) in [6.07, 6.45) is 5.34. The second kappa shape index (κ2) is 11.1. The van der Waals surface area contributed by atoms with E-state index in [0.29, 0.717) is 13.0 Å². The highest BCUT2D eigenvalue weighted by molar-refractivity contribution is 5.75. The topological polar surface area (TPSA) is 55.6 Å². The number of anilines is 1. The van der Waals surface area contributed by atoms with Crippen molar-refractivity contribution in [3.63, 3.8) is 0 Å². The van der Waals surface area contributed by atoms with E-state index in [2.05, 4.69) is 43.0 Å². The maximum atomic E-state index is 11.6. The number of carbonyl (C=O) groups is 1. The van der Waals surface area contributed by atoms with Crippen LogP contribution in [0.3, 0.4) is 0 Å². The predicted octanol–water partition coefficient (Wildman–Crippen LogP) is 3.53. The number of esters is 1. The molecule has 1 atom stereocenters. The summed E-state index contributed by atoms with van der Waals surface area (Å²) >= 11 is 0. The predicted molar refractivity (Wildman–Crippen MR) is 96.8 cm³/mol. The third-order valence-corrected chi connectivity index (χ3v) is 3.91. The number of rotatable bonds is 11. The number of ether oxygens (including phenoxy) is 1. The summed E-state index contributed by atoms with van der Waals surface area (Å²) in [5.74, 6) is -0.330. The minimum absolute atomic E-state index is 0.330. The van der Waals surface area contributed by atoms with Crippen molar-refractivity contribution in [2.45, 2.75) is 58.9 Å². The molecule has 0 saturated carbocycles. The molecule has 23 heavy (non-hydrogen) atoms. The first-order chi connectivity index (χ1) is 11.1. The third kappa shape index (κ3) is 7.04. The number of nitrogens with zero attached hydrogens (tertiary/aromatic N) is 1. The molecule has 0 aromatic heterocycles. The zero-order chi connectivity index (χ0) is 17.1. The molecule has 0 bridgehead atoms. The van der Waals surface area contributed by atoms with Crippen LogP contribution < -0.4 is 10.6 Å². The van der Waals surface area contributed by atoms with Crippen LogP contribution in [0.25, 0.3) is 0 Å². The molecule has 0 fully saturated rings. The van der Waals surface area contributed by atoms with Crippen molar-refractivity contribution >= 4 is 11.7 Å². The fourth-order valence-corrected chi connectivity index (χ4v) is 2.50. The molecular formula is C19H32N2O2. The van der Waals surface area contributed by atoms with Gasteiger partial charge in [0, 0.05) is 18.8 Å². The Hall–Kier alpha value is -1.55. The maximum Gasteiger partial charge on any atom is 0.323 e. The van der Waals surface area contributed by atoms with Crippen LogP contribution in [-0.2, 0) is 16.0 Å². The van der Waals surface area contributed by atoms with E-state index in [-0.39, 0.29) is 5.97 Å². The van der Waals surface area contributed by atoms with Crippen LogP contribution in [0, 0.1) is 0 Å². The highest BCUT2D eigenvalue weighted by Gasteiger charge is 2.15. The smallest absolute Gasteiger partial charge is 0.323 e. The van der Waals surface area contributed by atoms with Crippen molar-refractivity contribution in [3.8, 4) is 0 Å². The first-order valence-electron chi connectivity index (χ1n) is 8.88. The van der Waals surface area contributed by atoms with Gasteiger partial charge in [0.2, 0.25) is 0 Å². The highest BCUT2D eigenvalue weighted by Crippen LogP contribution is 2.18. The van der Waals surface area contributed by atoms with Gasteiger partial charge in [-0.15, -0.1) is 0 Å². The third-order valence-electron chi connectivity index (χ3n) is 3.91. The van der Waals surface area contributed by atoms with Crippen molar-refractivity contribution in [1.82, 2.24) is 0 Å². The summed E-state index contributed by atoms with van der Waals surface area (Å²) in [6.45, 7) is 8.79. The molecule has 130 valence electrons. The van der Waals surface area contributed by atoms with Crippen LogP contribution in [0.2, 0.25) is 0 Å². The van der Waals surface area contributed by atoms with E-state index in [1.54, 1.807) is 6.92 Å². The van der Waals surface area contributed by atoms with Crippen molar-refractivity contribution in [2.24, 2.45) is 5.73 Å². The zero-order valence-corrected chi connectivity index (χ0v) is 14.9. The van der Waals surface area contributed by atoms with E-state index in [1.807, 2.05) is 0 Å². The Bertz CT molecular complexity index is 437. The van der Waals surface area contributed by atoms with Gasteiger partial charge >= 0.3 is 5.97 Å². The fraction of sp³-hybridized carbons (Fsp3) is 0.632. The summed E-state index contributed by atoms with van der Waals surface area (Å²) in [5, 5.41) is 0. The molecule has 0 spiro atoms. The van der Waals surface area contributed by atoms with Crippen molar-refractivity contribution in [2.75, 3.05) is 24.6 Å². The summed E-state index contributed by atoms with van der Waals surface area (Å²) in [7, 11) is 0. The minimum atomic E-state index is -0.586. The van der Waals surface area contributed by atoms with Gasteiger partial charge in [-0.1, -0.05) is 38.8 Å². The second-order valence-corrected chi connectivity index (χ2v) is 5.92. The molecule has 1 aromatic rings. The molecular weight excluding hydrogens is 288 g/mol. The normalized spacial score (nSPS) is 12.0. The fourth-order valence-electron chi connectivity index (χ4n) is 2.50. The summed E-state index contributed by atoms with van der Waals surface area (Å²) < 4.78 is 4.95. The van der Waals surface area contributed by atoms with Crippen LogP contribution >= 0.6 is 0 Å². The van der Waals surface area contributed by atoms with E-state index < -0.39 is 6.04 Å². The van der Waals surface area contributed by atoms with Gasteiger partial charge in [-0.25, -0.2) is 0 Å². The number of unbranched alkanes of at least 4 members (excludes halogenated alkanes) is 2. The van der Waals surface area contributed by atoms with Gasteiger partial charge in [0.05, 0.1) is 6.61 Å². The Morgan fingerprint density at radius 2 is 1.65 bits per heavy atom. The molecule has 4 heteroatoms. The molecule has 1 aromatic carbocycles. The van der Waals surface area contributed by atoms with Gasteiger partial charge in [-0.3, -0.25) is 4.79 Å². The lowest BCUT2D eigenvalue weighted by Gasteiger charge is -2.25. The summed E-state index contributed by atoms with van der Waals surface area (Å²) in [6, 6.07) is 7.83. The average molecular weight is 320 g/mol. The molecule has 0 aliphatic carbocycles. The Balaban J connectivity index is 2.66. The van der Waals surface area contributed by atoms with Crippen LogP contribution in [0.15, 0.2) is 24.3 Å². The van der Waals surface area contributed by atoms with Gasteiger partial charge < -0.3 is 15.4 Å². The van der Waals surface area contributed by atoms with E-state index in [1.165, 1.54) is 31.4 Å². The lowest BCUT2D eigenvalue weighted by molar-refractivity contribution is -0.144. The van der Waals surface area contributed by atoms with Crippen molar-refractivity contribution in [3.05, 3.63) is 29.8 Å². The SMILES string of the molecule is CCCCN(CCCC)c1ccc(CC(N)C(=O)OCC)cc1. The van der Waals surface area contributed by atoms with E-state index in [4.69, 9.17) is 10.5 Å². The Labute approximate surface area is 141 Å². The first kappa shape index (κ1) is 19.5. The largest absolute Gasteiger partial charge is 0.465 e. The molecule has 2 N–H and O–H groups in total. The first-order valence-corrected chi connectivity index (χ1v) is 8.88. The molecule has 1 rings (SSSR count). The second-order valence-electron chi connectivity index (χ2n) is 5.92. The Morgan fingerprint density at radius 3 is 2.13 bits per heavy atom. The van der Waals surface area contributed by atoms with Gasteiger partial charge in [-0.05, 0) is 43.9 Å². The van der Waals surface area contributed by atoms with Gasteiger partial charge in [0.15, 0.2) is 0 Å². The van der Waals surface area contributed by atoms with E-state index in [0.717, 1.165) is 18.7 Å². The zero-order valence-electron chi connectivity index (χ0n) is 14.9. The molecule has 0 amide bonds. The van der Waals surface area contributed by atoms with Crippen LogP contribution in [0.4, 0.5) is 5.69 Å². The van der Waals surface area contributed by atoms with Crippen molar-refractivity contribution < 1.29 is 9.53 Å². The average Bonchev–Trinajstić information content (AvgIpc) is 2.56. The number of carbonyl (C=O) groups excluding carboxylic acids is 1. The molecule has 1 unspecified atom stereocenters. The van der Waals surface area contributed by atoms with E-state index >= 15 is 0 Å². The Kier molecular flexibility index (Phi) is 9.37. The van der Waals surface area contributed by atoms with Crippen LogP contribution in [0.5, 0.6) is 0 Å². The summed E-state index contributed by atoms with van der Waals surface area (Å²) in [4.78, 5) is 14.1. The number of nitrogens with two attached hydrogens (primary N) is 1. The van der Waals surface area contributed by atoms with Gasteiger partial charge in [0.25, 0.3) is 0 Å². The number of hydrogen-bond acceptors (Lipinski definition) is 4. The molecule has 4 nitrogen and oxygen atoms in total. The lowest BCUT2D eigenvalue weighted by atomic mass is 10.1. The molecule has 0 saturated heterocycles. The van der Waals surface area contributed by atoms with Gasteiger partial charge in [0.1, 0.15) is 6.04 Å². The number of benzene rings is 1. The van der Waals surface area contributed by atoms with Crippen LogP contribution in [-0.4, -0.2) is 31.7 Å². The van der Waals surface area contributed by atoms with Gasteiger partial charge in [-0.2, -0.15) is 0 Å². The van der Waals surface area contributed by atoms with Crippen molar-refractivity contribution in [1.29, 1.82) is 0 Å². The number of hydrogen-bond donors (Lipinski definition) is 1. The summed E-state index contributed by atoms with van der Waals surface area (Å²) in [5.41, 5.74) is 8.20. The molecule has 0 aliphatic heterocycles. The maximum absolute atomic E-state index is 11.6. The minimum Gasteiger partial charge on any atom is -0.465 e. The monoisotopic (exact) mass is 320 g/mol. The standard InChI is InChI=1S/C19H32N2O2/c1-4-7-13-21(14-8-5-2)17-11-9-16(10-12-17)15-18(20)19(22)23-6-3/h9-12,18H,4-8,13-15,20H2,1-3H3. The molecule has 0 aliphatic rings. The quantitative estimate of drug-likeness (QED) is 0.634. The lowest BCUT2D eigenvalue weighted by Crippen LogP contribution is -2.34. The Morgan fingerprint density at radius 1 is 1.09 bits per heavy atom. The highest BCUT2D eigenvalue weighted by atomic mass is 16.5. The molecule has 0 heterocycles. The van der Waals surface area contributed by atoms with E-state index in [9.17, 15) is 4.79 Å². The molecule has 0 radical (unpaired) electrons. The van der Waals surface area contributed by atoms with Crippen LogP contribution in [0.1, 0.15) is 52.0 Å².